The molecule has 2 saturated heterocycles. The van der Waals surface area contributed by atoms with Crippen LogP contribution in [0.3, 0.4) is 0 Å². The Kier molecular flexibility index (Phi) is 5.91. The number of pyridine rings is 1. The van der Waals surface area contributed by atoms with Crippen LogP contribution in [0, 0.1) is 23.2 Å². The summed E-state index contributed by atoms with van der Waals surface area (Å²) < 4.78 is 5.50. The van der Waals surface area contributed by atoms with Crippen LogP contribution in [0.15, 0.2) is 24.4 Å². The Labute approximate surface area is 198 Å². The Morgan fingerprint density at radius 2 is 2.06 bits per heavy atom. The topological polar surface area (TPSA) is 102 Å². The van der Waals surface area contributed by atoms with E-state index in [9.17, 15) is 9.90 Å². The average molecular weight is 470 g/mol. The molecule has 2 aliphatic heterocycles. The molecule has 1 amide bonds. The average Bonchev–Trinajstić information content (AvgIpc) is 3.12. The van der Waals surface area contributed by atoms with Crippen molar-refractivity contribution in [1.82, 2.24) is 9.88 Å². The third-order valence-corrected chi connectivity index (χ3v) is 7.85. The number of anilines is 2. The second-order valence-corrected chi connectivity index (χ2v) is 9.90. The number of nitrogens with one attached hydrogen (secondary N) is 1. The van der Waals surface area contributed by atoms with Crippen LogP contribution < -0.4 is 10.2 Å². The van der Waals surface area contributed by atoms with Crippen molar-refractivity contribution in [3.05, 3.63) is 29.4 Å². The molecule has 1 aliphatic carbocycles. The largest absolute Gasteiger partial charge is 0.389 e. The van der Waals surface area contributed by atoms with Gasteiger partial charge in [-0.05, 0) is 43.4 Å². The van der Waals surface area contributed by atoms with Crippen LogP contribution in [-0.2, 0) is 9.53 Å². The minimum absolute atomic E-state index is 0.142. The number of nitrogens with zero attached hydrogens (tertiary/aromatic N) is 4. The summed E-state index contributed by atoms with van der Waals surface area (Å²) in [5, 5.41) is 24.9. The fraction of sp³-hybridized carbons (Fsp3) is 0.542. The van der Waals surface area contributed by atoms with Crippen molar-refractivity contribution >= 4 is 39.8 Å². The van der Waals surface area contributed by atoms with Gasteiger partial charge in [-0.1, -0.05) is 11.6 Å². The lowest BCUT2D eigenvalue weighted by Crippen LogP contribution is -2.60. The normalized spacial score (nSPS) is 30.1. The molecule has 0 bridgehead atoms. The van der Waals surface area contributed by atoms with E-state index in [2.05, 4.69) is 33.1 Å². The number of rotatable bonds is 4. The van der Waals surface area contributed by atoms with Gasteiger partial charge in [-0.3, -0.25) is 9.69 Å². The molecule has 33 heavy (non-hydrogen) atoms. The van der Waals surface area contributed by atoms with Gasteiger partial charge in [0.15, 0.2) is 0 Å². The maximum Gasteiger partial charge on any atom is 0.229 e. The first-order valence-corrected chi connectivity index (χ1v) is 11.8. The summed E-state index contributed by atoms with van der Waals surface area (Å²) in [6.07, 6.45) is 2.76. The molecule has 9 heteroatoms. The van der Waals surface area contributed by atoms with Crippen LogP contribution in [0.1, 0.15) is 19.8 Å². The Balaban J connectivity index is 1.31. The summed E-state index contributed by atoms with van der Waals surface area (Å²) in [6.45, 7) is 6.20. The van der Waals surface area contributed by atoms with Crippen molar-refractivity contribution in [2.75, 3.05) is 49.6 Å². The molecule has 5 rings (SSSR count). The van der Waals surface area contributed by atoms with Crippen LogP contribution in [0.4, 0.5) is 11.5 Å². The van der Waals surface area contributed by atoms with Crippen LogP contribution in [-0.4, -0.2) is 71.9 Å². The van der Waals surface area contributed by atoms with E-state index < -0.39 is 6.10 Å². The highest BCUT2D eigenvalue weighted by Crippen LogP contribution is 2.36. The molecule has 0 spiro atoms. The lowest BCUT2D eigenvalue weighted by atomic mass is 9.74. The van der Waals surface area contributed by atoms with Gasteiger partial charge < -0.3 is 20.1 Å². The number of fused-ring (bicyclic) bond motifs is 1. The van der Waals surface area contributed by atoms with Gasteiger partial charge in [-0.25, -0.2) is 4.98 Å². The molecule has 3 fully saturated rings. The molecule has 2 N–H and O–H groups in total. The first kappa shape index (κ1) is 22.4. The highest BCUT2D eigenvalue weighted by molar-refractivity contribution is 6.34. The Hall–Kier alpha value is -2.44. The molecule has 1 saturated carbocycles. The number of aliphatic hydroxyl groups excluding tert-OH is 1. The minimum atomic E-state index is -0.474. The molecular weight excluding hydrogens is 442 g/mol. The number of nitriles is 1. The van der Waals surface area contributed by atoms with E-state index in [1.165, 1.54) is 0 Å². The zero-order chi connectivity index (χ0) is 23.2. The van der Waals surface area contributed by atoms with E-state index >= 15 is 0 Å². The molecule has 4 atom stereocenters. The predicted octanol–water partition coefficient (Wildman–Crippen LogP) is 2.65. The SMILES string of the molecule is C[C@]1(N2CCN(c3cc4cc(NC(=O)C5CCC5C#N)ncc4cc3Cl)CC2)COC[C@H]1O. The number of piperazine rings is 1. The number of aliphatic hydroxyl groups is 1. The standard InChI is InChI=1S/C24H28ClN5O3/c1-24(14-33-13-21(24)31)30-6-4-29(5-7-30)20-9-16-10-22(27-12-17(16)8-19(20)25)28-23(32)18-3-2-15(18)11-26/h8-10,12,15,18,21,31H,2-7,13-14H2,1H3,(H,27,28,32)/t15?,18?,21-,24+/m1/s1. The third-order valence-electron chi connectivity index (χ3n) is 7.55. The lowest BCUT2D eigenvalue weighted by molar-refractivity contribution is -0.123. The number of aromatic nitrogens is 1. The van der Waals surface area contributed by atoms with Crippen molar-refractivity contribution in [1.29, 1.82) is 5.26 Å². The second-order valence-electron chi connectivity index (χ2n) is 9.49. The number of carbonyl (C=O) groups is 1. The number of halogens is 1. The molecule has 2 aromatic rings. The smallest absolute Gasteiger partial charge is 0.229 e. The molecule has 8 nitrogen and oxygen atoms in total. The van der Waals surface area contributed by atoms with Crippen molar-refractivity contribution < 1.29 is 14.6 Å². The van der Waals surface area contributed by atoms with Crippen molar-refractivity contribution in [2.45, 2.75) is 31.4 Å². The number of ether oxygens (including phenoxy) is 1. The van der Waals surface area contributed by atoms with Gasteiger partial charge in [-0.15, -0.1) is 0 Å². The molecule has 3 heterocycles. The maximum atomic E-state index is 12.5. The third kappa shape index (κ3) is 4.04. The molecule has 174 valence electrons. The number of carbonyl (C=O) groups excluding carboxylic acids is 1. The Bertz CT molecular complexity index is 1110. The predicted molar refractivity (Wildman–Crippen MR) is 126 cm³/mol. The van der Waals surface area contributed by atoms with E-state index in [1.54, 1.807) is 6.20 Å². The molecule has 2 unspecified atom stereocenters. The zero-order valence-corrected chi connectivity index (χ0v) is 19.4. The molecule has 1 aromatic heterocycles. The molecule has 3 aliphatic rings. The van der Waals surface area contributed by atoms with Gasteiger partial charge in [0.05, 0.1) is 53.5 Å². The zero-order valence-electron chi connectivity index (χ0n) is 18.6. The van der Waals surface area contributed by atoms with Crippen molar-refractivity contribution in [3.63, 3.8) is 0 Å². The monoisotopic (exact) mass is 469 g/mol. The fourth-order valence-corrected chi connectivity index (χ4v) is 5.36. The van der Waals surface area contributed by atoms with E-state index in [0.29, 0.717) is 24.1 Å². The fourth-order valence-electron chi connectivity index (χ4n) is 5.06. The summed E-state index contributed by atoms with van der Waals surface area (Å²) in [4.78, 5) is 21.4. The number of hydrogen-bond acceptors (Lipinski definition) is 7. The maximum absolute atomic E-state index is 12.5. The number of amides is 1. The second kappa shape index (κ2) is 8.73. The first-order valence-electron chi connectivity index (χ1n) is 11.4. The van der Waals surface area contributed by atoms with Gasteiger partial charge in [0.2, 0.25) is 5.91 Å². The van der Waals surface area contributed by atoms with Crippen LogP contribution in [0.25, 0.3) is 10.8 Å². The number of hydrogen-bond donors (Lipinski definition) is 2. The quantitative estimate of drug-likeness (QED) is 0.709. The van der Waals surface area contributed by atoms with E-state index in [4.69, 9.17) is 21.6 Å². The first-order chi connectivity index (χ1) is 15.9. The van der Waals surface area contributed by atoms with Gasteiger partial charge in [0.25, 0.3) is 0 Å². The van der Waals surface area contributed by atoms with Crippen molar-refractivity contribution in [3.8, 4) is 6.07 Å². The summed E-state index contributed by atoms with van der Waals surface area (Å²) in [7, 11) is 0. The summed E-state index contributed by atoms with van der Waals surface area (Å²) in [5.74, 6) is -0.113. The van der Waals surface area contributed by atoms with Crippen LogP contribution >= 0.6 is 11.6 Å². The summed E-state index contributed by atoms with van der Waals surface area (Å²) in [5.41, 5.74) is 0.604. The highest BCUT2D eigenvalue weighted by atomic mass is 35.5. The number of benzene rings is 1. The minimum Gasteiger partial charge on any atom is -0.389 e. The summed E-state index contributed by atoms with van der Waals surface area (Å²) >= 11 is 6.63. The van der Waals surface area contributed by atoms with E-state index in [1.807, 2.05) is 18.2 Å². The van der Waals surface area contributed by atoms with Crippen LogP contribution in [0.5, 0.6) is 0 Å². The van der Waals surface area contributed by atoms with Crippen molar-refractivity contribution in [2.24, 2.45) is 11.8 Å². The lowest BCUT2D eigenvalue weighted by Gasteiger charge is -2.45. The van der Waals surface area contributed by atoms with Crippen LogP contribution in [0.2, 0.25) is 5.02 Å². The Morgan fingerprint density at radius 1 is 1.27 bits per heavy atom. The van der Waals surface area contributed by atoms with Gasteiger partial charge in [0, 0.05) is 37.8 Å². The molecular formula is C24H28ClN5O3. The molecule has 1 aromatic carbocycles. The van der Waals surface area contributed by atoms with Gasteiger partial charge in [-0.2, -0.15) is 5.26 Å². The highest BCUT2D eigenvalue weighted by Gasteiger charge is 2.44. The van der Waals surface area contributed by atoms with Gasteiger partial charge in [0.1, 0.15) is 5.82 Å². The van der Waals surface area contributed by atoms with E-state index in [-0.39, 0.29) is 23.3 Å². The molecule has 0 radical (unpaired) electrons. The van der Waals surface area contributed by atoms with Gasteiger partial charge >= 0.3 is 0 Å². The van der Waals surface area contributed by atoms with E-state index in [0.717, 1.165) is 55.5 Å². The Morgan fingerprint density at radius 3 is 2.70 bits per heavy atom. The summed E-state index contributed by atoms with van der Waals surface area (Å²) in [6, 6.07) is 8.01.